The Morgan fingerprint density at radius 2 is 1.54 bits per heavy atom. The van der Waals surface area contributed by atoms with Crippen molar-refractivity contribution >= 4 is 27.7 Å². The van der Waals surface area contributed by atoms with E-state index in [2.05, 4.69) is 0 Å². The molecule has 1 heterocycles. The van der Waals surface area contributed by atoms with E-state index < -0.39 is 11.6 Å². The fourth-order valence-electron chi connectivity index (χ4n) is 2.82. The van der Waals surface area contributed by atoms with Crippen molar-refractivity contribution < 1.29 is 18.7 Å². The van der Waals surface area contributed by atoms with Crippen molar-refractivity contribution in [3.63, 3.8) is 0 Å². The van der Waals surface area contributed by atoms with Crippen LogP contribution in [0.2, 0.25) is 0 Å². The fourth-order valence-corrected chi connectivity index (χ4v) is 2.82. The predicted molar refractivity (Wildman–Crippen MR) is 97.9 cm³/mol. The van der Waals surface area contributed by atoms with Crippen molar-refractivity contribution in [2.24, 2.45) is 0 Å². The maximum absolute atomic E-state index is 12.3. The molecule has 4 aromatic rings. The molecule has 0 saturated heterocycles. The number of hydrogen-bond acceptors (Lipinski definition) is 5. The maximum Gasteiger partial charge on any atom is 0.344 e. The summed E-state index contributed by atoms with van der Waals surface area (Å²) in [6, 6.07) is 18.8. The molecule has 0 fully saturated rings. The second-order valence-corrected chi connectivity index (χ2v) is 5.71. The van der Waals surface area contributed by atoms with Gasteiger partial charge >= 0.3 is 11.6 Å². The van der Waals surface area contributed by atoms with Gasteiger partial charge in [0.2, 0.25) is 0 Å². The molecule has 0 bridgehead atoms. The first-order valence-corrected chi connectivity index (χ1v) is 7.97. The highest BCUT2D eigenvalue weighted by molar-refractivity contribution is 6.04. The van der Waals surface area contributed by atoms with Crippen LogP contribution in [-0.4, -0.2) is 13.1 Å². The van der Waals surface area contributed by atoms with Crippen molar-refractivity contribution in [2.45, 2.75) is 0 Å². The van der Waals surface area contributed by atoms with Crippen molar-refractivity contribution in [1.29, 1.82) is 0 Å². The fraction of sp³-hybridized carbons (Fsp3) is 0.0476. The molecule has 4 rings (SSSR count). The summed E-state index contributed by atoms with van der Waals surface area (Å²) in [5.41, 5.74) is 0.339. The van der Waals surface area contributed by atoms with Gasteiger partial charge in [0.25, 0.3) is 0 Å². The van der Waals surface area contributed by atoms with Gasteiger partial charge in [-0.3, -0.25) is 0 Å². The summed E-state index contributed by atoms with van der Waals surface area (Å²) in [6.07, 6.45) is 0. The van der Waals surface area contributed by atoms with Gasteiger partial charge in [-0.1, -0.05) is 18.2 Å². The number of ether oxygens (including phenoxy) is 2. The normalized spacial score (nSPS) is 10.8. The standard InChI is InChI=1S/C21H14O5/c1-24-14-8-6-13(7-9-14)20(22)25-15-10-11-17-16-4-2-3-5-18(16)21(23)26-19(17)12-15/h2-12H,1H3. The van der Waals surface area contributed by atoms with E-state index in [9.17, 15) is 9.59 Å². The number of hydrogen-bond donors (Lipinski definition) is 0. The highest BCUT2D eigenvalue weighted by Gasteiger charge is 2.12. The molecule has 0 saturated carbocycles. The van der Waals surface area contributed by atoms with E-state index in [1.807, 2.05) is 12.1 Å². The highest BCUT2D eigenvalue weighted by atomic mass is 16.5. The van der Waals surface area contributed by atoms with Gasteiger partial charge in [-0.2, -0.15) is 0 Å². The molecule has 0 radical (unpaired) electrons. The number of rotatable bonds is 3. The zero-order valence-electron chi connectivity index (χ0n) is 13.9. The van der Waals surface area contributed by atoms with Crippen molar-refractivity contribution in [2.75, 3.05) is 7.11 Å². The maximum atomic E-state index is 12.3. The summed E-state index contributed by atoms with van der Waals surface area (Å²) in [6.45, 7) is 0. The Labute approximate surface area is 148 Å². The third-order valence-electron chi connectivity index (χ3n) is 4.13. The number of methoxy groups -OCH3 is 1. The molecule has 5 nitrogen and oxygen atoms in total. The molecule has 0 atom stereocenters. The smallest absolute Gasteiger partial charge is 0.344 e. The first kappa shape index (κ1) is 15.9. The summed E-state index contributed by atoms with van der Waals surface area (Å²) in [5, 5.41) is 2.10. The molecule has 0 spiro atoms. The molecule has 0 aliphatic heterocycles. The van der Waals surface area contributed by atoms with Gasteiger partial charge in [-0.15, -0.1) is 0 Å². The Balaban J connectivity index is 1.70. The van der Waals surface area contributed by atoms with Crippen LogP contribution in [0.3, 0.4) is 0 Å². The van der Waals surface area contributed by atoms with Crippen LogP contribution < -0.4 is 15.1 Å². The van der Waals surface area contributed by atoms with Gasteiger partial charge in [0, 0.05) is 11.5 Å². The summed E-state index contributed by atoms with van der Waals surface area (Å²) in [7, 11) is 1.56. The predicted octanol–water partition coefficient (Wildman–Crippen LogP) is 4.17. The SMILES string of the molecule is COc1ccc(C(=O)Oc2ccc3c(c2)oc(=O)c2ccccc23)cc1. The average Bonchev–Trinajstić information content (AvgIpc) is 2.68. The van der Waals surface area contributed by atoms with Crippen LogP contribution in [0.4, 0.5) is 0 Å². The third kappa shape index (κ3) is 2.80. The summed E-state index contributed by atoms with van der Waals surface area (Å²) >= 11 is 0. The second-order valence-electron chi connectivity index (χ2n) is 5.71. The van der Waals surface area contributed by atoms with Crippen LogP contribution in [0, 0.1) is 0 Å². The van der Waals surface area contributed by atoms with E-state index in [-0.39, 0.29) is 0 Å². The Kier molecular flexibility index (Phi) is 3.89. The second kappa shape index (κ2) is 6.37. The number of fused-ring (bicyclic) bond motifs is 3. The summed E-state index contributed by atoms with van der Waals surface area (Å²) in [5.74, 6) is 0.452. The lowest BCUT2D eigenvalue weighted by atomic mass is 10.1. The molecule has 1 aromatic heterocycles. The highest BCUT2D eigenvalue weighted by Crippen LogP contribution is 2.26. The van der Waals surface area contributed by atoms with Crippen molar-refractivity contribution in [3.05, 3.63) is 82.7 Å². The molecule has 26 heavy (non-hydrogen) atoms. The topological polar surface area (TPSA) is 65.7 Å². The minimum Gasteiger partial charge on any atom is -0.497 e. The lowest BCUT2D eigenvalue weighted by Gasteiger charge is -2.07. The van der Waals surface area contributed by atoms with E-state index in [1.165, 1.54) is 0 Å². The Bertz CT molecular complexity index is 1170. The molecule has 0 unspecified atom stereocenters. The molecule has 3 aromatic carbocycles. The lowest BCUT2D eigenvalue weighted by Crippen LogP contribution is -2.08. The van der Waals surface area contributed by atoms with Crippen molar-refractivity contribution in [3.8, 4) is 11.5 Å². The zero-order valence-corrected chi connectivity index (χ0v) is 13.9. The number of carbonyl (C=O) groups excluding carboxylic acids is 1. The Morgan fingerprint density at radius 3 is 2.27 bits per heavy atom. The minimum atomic E-state index is -0.505. The molecule has 0 aliphatic rings. The van der Waals surface area contributed by atoms with Gasteiger partial charge in [-0.25, -0.2) is 9.59 Å². The van der Waals surface area contributed by atoms with Gasteiger partial charge in [0.15, 0.2) is 0 Å². The molecule has 0 aliphatic carbocycles. The van der Waals surface area contributed by atoms with Gasteiger partial charge < -0.3 is 13.9 Å². The molecule has 128 valence electrons. The third-order valence-corrected chi connectivity index (χ3v) is 4.13. The lowest BCUT2D eigenvalue weighted by molar-refractivity contribution is 0.0735. The van der Waals surface area contributed by atoms with Crippen LogP contribution in [0.1, 0.15) is 10.4 Å². The van der Waals surface area contributed by atoms with E-state index in [1.54, 1.807) is 61.7 Å². The number of esters is 1. The van der Waals surface area contributed by atoms with Gasteiger partial charge in [0.05, 0.1) is 18.1 Å². The average molecular weight is 346 g/mol. The minimum absolute atomic E-state index is 0.303. The number of benzene rings is 3. The largest absolute Gasteiger partial charge is 0.497 e. The van der Waals surface area contributed by atoms with E-state index >= 15 is 0 Å². The Hall–Kier alpha value is -3.60. The molecule has 0 N–H and O–H groups in total. The summed E-state index contributed by atoms with van der Waals surface area (Å²) in [4.78, 5) is 24.4. The van der Waals surface area contributed by atoms with Crippen LogP contribution >= 0.6 is 0 Å². The first-order valence-electron chi connectivity index (χ1n) is 7.97. The van der Waals surface area contributed by atoms with Crippen LogP contribution in [0.15, 0.2) is 75.9 Å². The van der Waals surface area contributed by atoms with E-state index in [0.29, 0.717) is 28.0 Å². The molecular weight excluding hydrogens is 332 g/mol. The van der Waals surface area contributed by atoms with E-state index in [0.717, 1.165) is 10.8 Å². The Morgan fingerprint density at radius 1 is 0.846 bits per heavy atom. The monoisotopic (exact) mass is 346 g/mol. The van der Waals surface area contributed by atoms with Crippen LogP contribution in [0.25, 0.3) is 21.7 Å². The molecule has 0 amide bonds. The zero-order chi connectivity index (χ0) is 18.1. The van der Waals surface area contributed by atoms with Crippen molar-refractivity contribution in [1.82, 2.24) is 0 Å². The van der Waals surface area contributed by atoms with E-state index in [4.69, 9.17) is 13.9 Å². The first-order chi connectivity index (χ1) is 12.7. The number of carbonyl (C=O) groups is 1. The quantitative estimate of drug-likeness (QED) is 0.241. The molecular formula is C21H14O5. The molecule has 5 heteroatoms. The van der Waals surface area contributed by atoms with Gasteiger partial charge in [0.1, 0.15) is 17.1 Å². The summed E-state index contributed by atoms with van der Waals surface area (Å²) < 4.78 is 15.8. The van der Waals surface area contributed by atoms with Crippen LogP contribution in [0.5, 0.6) is 11.5 Å². The van der Waals surface area contributed by atoms with Gasteiger partial charge in [-0.05, 0) is 47.9 Å². The van der Waals surface area contributed by atoms with Crippen LogP contribution in [-0.2, 0) is 0 Å².